The molecule has 0 heterocycles. The minimum Gasteiger partial charge on any atom is -0.294 e. The zero-order chi connectivity index (χ0) is 14.7. The third-order valence-electron chi connectivity index (χ3n) is 5.80. The summed E-state index contributed by atoms with van der Waals surface area (Å²) in [4.78, 5) is 12.8. The van der Waals surface area contributed by atoms with Crippen LogP contribution in [0.4, 0.5) is 8.78 Å². The van der Waals surface area contributed by atoms with E-state index in [0.29, 0.717) is 11.8 Å². The van der Waals surface area contributed by atoms with Gasteiger partial charge in [-0.3, -0.25) is 4.79 Å². The average molecular weight is 311 g/mol. The Morgan fingerprint density at radius 2 is 1.48 bits per heavy atom. The van der Waals surface area contributed by atoms with E-state index in [1.54, 1.807) is 0 Å². The SMILES string of the molecule is O=C(c1cc(F)c(F)cc1Cl)C1C2CC3CC(C2)CC1C3. The van der Waals surface area contributed by atoms with Gasteiger partial charge in [-0.2, -0.15) is 0 Å². The number of Topliss-reactive ketones (excluding diaryl/α,β-unsaturated/α-hetero) is 1. The Labute approximate surface area is 127 Å². The number of hydrogen-bond acceptors (Lipinski definition) is 1. The molecular formula is C17H17ClF2O. The normalized spacial score (nSPS) is 37.0. The molecule has 1 aromatic carbocycles. The monoisotopic (exact) mass is 310 g/mol. The van der Waals surface area contributed by atoms with Gasteiger partial charge in [0.25, 0.3) is 0 Å². The van der Waals surface area contributed by atoms with E-state index >= 15 is 0 Å². The molecule has 112 valence electrons. The molecular weight excluding hydrogens is 294 g/mol. The first-order chi connectivity index (χ1) is 10.0. The van der Waals surface area contributed by atoms with Crippen LogP contribution >= 0.6 is 11.6 Å². The molecule has 4 fully saturated rings. The van der Waals surface area contributed by atoms with Gasteiger partial charge >= 0.3 is 0 Å². The van der Waals surface area contributed by atoms with Crippen LogP contribution in [0.2, 0.25) is 5.02 Å². The van der Waals surface area contributed by atoms with Gasteiger partial charge in [0.2, 0.25) is 0 Å². The maximum atomic E-state index is 13.5. The van der Waals surface area contributed by atoms with Gasteiger partial charge in [-0.1, -0.05) is 11.6 Å². The van der Waals surface area contributed by atoms with E-state index < -0.39 is 11.6 Å². The number of ketones is 1. The molecule has 1 nitrogen and oxygen atoms in total. The lowest BCUT2D eigenvalue weighted by Gasteiger charge is -2.53. The summed E-state index contributed by atoms with van der Waals surface area (Å²) in [5, 5.41) is 0.0349. The van der Waals surface area contributed by atoms with Crippen molar-refractivity contribution < 1.29 is 13.6 Å². The van der Waals surface area contributed by atoms with Crippen molar-refractivity contribution in [1.82, 2.24) is 0 Å². The van der Waals surface area contributed by atoms with Gasteiger partial charge < -0.3 is 0 Å². The molecule has 0 spiro atoms. The lowest BCUT2D eigenvalue weighted by Crippen LogP contribution is -2.48. The maximum Gasteiger partial charge on any atom is 0.168 e. The lowest BCUT2D eigenvalue weighted by atomic mass is 9.51. The van der Waals surface area contributed by atoms with Gasteiger partial charge in [0.15, 0.2) is 17.4 Å². The first-order valence-electron chi connectivity index (χ1n) is 7.71. The van der Waals surface area contributed by atoms with Crippen LogP contribution in [0, 0.1) is 41.2 Å². The number of rotatable bonds is 2. The second-order valence-electron chi connectivity index (χ2n) is 7.07. The van der Waals surface area contributed by atoms with Gasteiger partial charge in [0.1, 0.15) is 0 Å². The van der Waals surface area contributed by atoms with Gasteiger partial charge in [0.05, 0.1) is 5.02 Å². The summed E-state index contributed by atoms with van der Waals surface area (Å²) in [5.74, 6) is 0.269. The van der Waals surface area contributed by atoms with Crippen molar-refractivity contribution in [3.8, 4) is 0 Å². The van der Waals surface area contributed by atoms with Crippen molar-refractivity contribution in [2.24, 2.45) is 29.6 Å². The van der Waals surface area contributed by atoms with Gasteiger partial charge in [0, 0.05) is 11.5 Å². The van der Waals surface area contributed by atoms with Crippen molar-refractivity contribution in [2.45, 2.75) is 32.1 Å². The number of hydrogen-bond donors (Lipinski definition) is 0. The van der Waals surface area contributed by atoms with E-state index in [-0.39, 0.29) is 22.3 Å². The van der Waals surface area contributed by atoms with Crippen LogP contribution in [0.5, 0.6) is 0 Å². The van der Waals surface area contributed by atoms with Gasteiger partial charge in [-0.05, 0) is 67.9 Å². The van der Waals surface area contributed by atoms with Crippen LogP contribution < -0.4 is 0 Å². The highest BCUT2D eigenvalue weighted by Gasteiger charge is 2.50. The minimum atomic E-state index is -0.998. The molecule has 0 aromatic heterocycles. The molecule has 0 radical (unpaired) electrons. The second-order valence-corrected chi connectivity index (χ2v) is 7.47. The molecule has 5 rings (SSSR count). The Hall–Kier alpha value is -0.960. The quantitative estimate of drug-likeness (QED) is 0.562. The summed E-state index contributed by atoms with van der Waals surface area (Å²) in [6.45, 7) is 0. The molecule has 4 saturated carbocycles. The third-order valence-corrected chi connectivity index (χ3v) is 6.12. The molecule has 0 aliphatic heterocycles. The van der Waals surface area contributed by atoms with Crippen LogP contribution in [0.25, 0.3) is 0 Å². The van der Waals surface area contributed by atoms with E-state index in [2.05, 4.69) is 0 Å². The average Bonchev–Trinajstić information content (AvgIpc) is 2.41. The predicted molar refractivity (Wildman–Crippen MR) is 76.2 cm³/mol. The third kappa shape index (κ3) is 2.12. The molecule has 0 atom stereocenters. The predicted octanol–water partition coefficient (Wildman–Crippen LogP) is 4.87. The molecule has 0 unspecified atom stereocenters. The van der Waals surface area contributed by atoms with Crippen molar-refractivity contribution in [2.75, 3.05) is 0 Å². The summed E-state index contributed by atoms with van der Waals surface area (Å²) in [7, 11) is 0. The molecule has 21 heavy (non-hydrogen) atoms. The molecule has 0 amide bonds. The highest BCUT2D eigenvalue weighted by Crippen LogP contribution is 2.57. The molecule has 0 N–H and O–H groups in total. The lowest BCUT2D eigenvalue weighted by molar-refractivity contribution is -0.0251. The standard InChI is InChI=1S/C17H17ClF2O/c18-13-7-15(20)14(19)6-12(13)17(21)16-10-2-8-1-9(4-10)5-11(16)3-8/h6-11,16H,1-5H2. The van der Waals surface area contributed by atoms with Crippen LogP contribution in [0.3, 0.4) is 0 Å². The number of carbonyl (C=O) groups excluding carboxylic acids is 1. The fourth-order valence-corrected chi connectivity index (χ4v) is 5.49. The second kappa shape index (κ2) is 4.77. The number of halogens is 3. The summed E-state index contributed by atoms with van der Waals surface area (Å²) in [6, 6.07) is 1.89. The molecule has 4 heteroatoms. The van der Waals surface area contributed by atoms with Crippen LogP contribution in [-0.2, 0) is 0 Å². The number of carbonyl (C=O) groups is 1. The van der Waals surface area contributed by atoms with Gasteiger partial charge in [-0.15, -0.1) is 0 Å². The Balaban J connectivity index is 1.68. The summed E-state index contributed by atoms with van der Waals surface area (Å²) >= 11 is 5.98. The topological polar surface area (TPSA) is 17.1 Å². The van der Waals surface area contributed by atoms with Crippen LogP contribution in [0.1, 0.15) is 42.5 Å². The molecule has 0 saturated heterocycles. The number of benzene rings is 1. The minimum absolute atomic E-state index is 0.0349. The van der Waals surface area contributed by atoms with Crippen molar-refractivity contribution in [3.63, 3.8) is 0 Å². The first kappa shape index (κ1) is 13.7. The highest BCUT2D eigenvalue weighted by atomic mass is 35.5. The molecule has 4 aliphatic carbocycles. The largest absolute Gasteiger partial charge is 0.294 e. The van der Waals surface area contributed by atoms with Crippen molar-refractivity contribution >= 4 is 17.4 Å². The van der Waals surface area contributed by atoms with Crippen molar-refractivity contribution in [1.29, 1.82) is 0 Å². The van der Waals surface area contributed by atoms with E-state index in [4.69, 9.17) is 11.6 Å². The first-order valence-corrected chi connectivity index (χ1v) is 8.09. The highest BCUT2D eigenvalue weighted by molar-refractivity contribution is 6.34. The Morgan fingerprint density at radius 3 is 2.05 bits per heavy atom. The zero-order valence-corrected chi connectivity index (χ0v) is 12.4. The molecule has 4 aliphatic rings. The van der Waals surface area contributed by atoms with Gasteiger partial charge in [-0.25, -0.2) is 8.78 Å². The van der Waals surface area contributed by atoms with E-state index in [1.807, 2.05) is 0 Å². The Morgan fingerprint density at radius 1 is 0.952 bits per heavy atom. The van der Waals surface area contributed by atoms with E-state index in [9.17, 15) is 13.6 Å². The van der Waals surface area contributed by atoms with E-state index in [1.165, 1.54) is 6.42 Å². The van der Waals surface area contributed by atoms with Crippen molar-refractivity contribution in [3.05, 3.63) is 34.4 Å². The fraction of sp³-hybridized carbons (Fsp3) is 0.588. The summed E-state index contributed by atoms with van der Waals surface area (Å²) in [6.07, 6.45) is 5.78. The Kier molecular flexibility index (Phi) is 3.11. The summed E-state index contributed by atoms with van der Waals surface area (Å²) in [5.41, 5.74) is 0.160. The molecule has 4 bridgehead atoms. The van der Waals surface area contributed by atoms with E-state index in [0.717, 1.165) is 49.7 Å². The Bertz CT molecular complexity index is 585. The van der Waals surface area contributed by atoms with Crippen LogP contribution in [0.15, 0.2) is 12.1 Å². The smallest absolute Gasteiger partial charge is 0.168 e. The zero-order valence-electron chi connectivity index (χ0n) is 11.6. The maximum absolute atomic E-state index is 13.5. The van der Waals surface area contributed by atoms with Crippen LogP contribution in [-0.4, -0.2) is 5.78 Å². The molecule has 1 aromatic rings. The summed E-state index contributed by atoms with van der Waals surface area (Å²) < 4.78 is 26.6. The fourth-order valence-electron chi connectivity index (χ4n) is 5.24.